The molecule has 13 heteroatoms. The van der Waals surface area contributed by atoms with Gasteiger partial charge in [-0.05, 0) is 37.3 Å². The van der Waals surface area contributed by atoms with Crippen LogP contribution in [-0.2, 0) is 11.2 Å². The van der Waals surface area contributed by atoms with Crippen molar-refractivity contribution in [3.63, 3.8) is 0 Å². The summed E-state index contributed by atoms with van der Waals surface area (Å²) in [4.78, 5) is 38.3. The van der Waals surface area contributed by atoms with E-state index in [1.165, 1.54) is 17.6 Å². The maximum Gasteiger partial charge on any atom is 0.490 e. The lowest BCUT2D eigenvalue weighted by atomic mass is 10.1. The van der Waals surface area contributed by atoms with E-state index in [1.807, 2.05) is 6.07 Å². The molecule has 0 unspecified atom stereocenters. The average Bonchev–Trinajstić information content (AvgIpc) is 2.98. The molecule has 0 radical (unpaired) electrons. The number of benzene rings is 3. The first-order valence-electron chi connectivity index (χ1n) is 13.0. The summed E-state index contributed by atoms with van der Waals surface area (Å²) in [6.07, 6.45) is -9.79. The molecule has 0 bridgehead atoms. The molecular formula is C32H25F6N3O4. The minimum atomic E-state index is -5.08. The molecule has 0 aliphatic rings. The maximum atomic E-state index is 13.7. The fourth-order valence-electron chi connectivity index (χ4n) is 3.94. The molecule has 3 aromatic carbocycles. The van der Waals surface area contributed by atoms with Crippen molar-refractivity contribution in [1.82, 2.24) is 4.57 Å². The molecule has 4 aromatic rings. The van der Waals surface area contributed by atoms with Gasteiger partial charge in [-0.3, -0.25) is 14.2 Å². The number of hydrogen-bond acceptors (Lipinski definition) is 5. The number of aliphatic imine (C=N–C) groups is 1. The molecule has 1 heterocycles. The molecule has 2 N–H and O–H groups in total. The lowest BCUT2D eigenvalue weighted by Crippen LogP contribution is -2.22. The summed E-state index contributed by atoms with van der Waals surface area (Å²) in [5, 5.41) is 10.3. The Hall–Kier alpha value is -5.46. The fraction of sp³-hybridized carbons (Fsp3) is 0.125. The quantitative estimate of drug-likeness (QED) is 0.118. The number of para-hydroxylation sites is 2. The Labute approximate surface area is 252 Å². The highest BCUT2D eigenvalue weighted by Crippen LogP contribution is 2.33. The van der Waals surface area contributed by atoms with E-state index in [4.69, 9.17) is 9.90 Å². The minimum absolute atomic E-state index is 0.126. The standard InChI is InChI=1S/C30H24F3N3O2.C2HF3O2/c1-3-26(22-16-14-21(15-17-22)20(2)37)35-29-25(19-30(31,32)33)27(38)18-28(34-23-10-6-4-7-11-23)36(29)24-12-8-5-9-13-24;3-2(4,5)1(6)7/h3-18,34H,1,19H2,2H3;(H,6,7)/b35-26+;. The number of anilines is 2. The first kappa shape index (κ1) is 34.0. The minimum Gasteiger partial charge on any atom is -0.475 e. The molecule has 0 amide bonds. The van der Waals surface area contributed by atoms with Crippen LogP contribution in [0, 0.1) is 0 Å². The van der Waals surface area contributed by atoms with Crippen molar-refractivity contribution in [1.29, 1.82) is 0 Å². The van der Waals surface area contributed by atoms with Crippen LogP contribution in [0.3, 0.4) is 0 Å². The number of rotatable bonds is 8. The maximum absolute atomic E-state index is 13.7. The lowest BCUT2D eigenvalue weighted by molar-refractivity contribution is -0.192. The number of aromatic nitrogens is 1. The van der Waals surface area contributed by atoms with Crippen molar-refractivity contribution in [3.8, 4) is 5.69 Å². The second-order valence-corrected chi connectivity index (χ2v) is 9.29. The van der Waals surface area contributed by atoms with Gasteiger partial charge >= 0.3 is 18.3 Å². The summed E-state index contributed by atoms with van der Waals surface area (Å²) < 4.78 is 74.3. The number of halogens is 6. The van der Waals surface area contributed by atoms with Gasteiger partial charge in [0.2, 0.25) is 0 Å². The van der Waals surface area contributed by atoms with E-state index in [0.717, 1.165) is 6.07 Å². The molecule has 0 spiro atoms. The summed E-state index contributed by atoms with van der Waals surface area (Å²) in [5.41, 5.74) is 1.08. The Balaban J connectivity index is 0.000000707. The van der Waals surface area contributed by atoms with Gasteiger partial charge in [0.05, 0.1) is 17.7 Å². The Morgan fingerprint density at radius 3 is 1.87 bits per heavy atom. The number of hydrogen-bond donors (Lipinski definition) is 2. The van der Waals surface area contributed by atoms with Crippen LogP contribution >= 0.6 is 0 Å². The van der Waals surface area contributed by atoms with Crippen molar-refractivity contribution in [3.05, 3.63) is 131 Å². The number of carbonyl (C=O) groups excluding carboxylic acids is 1. The van der Waals surface area contributed by atoms with Gasteiger partial charge in [-0.1, -0.05) is 67.2 Å². The number of carboxylic acid groups (broad SMARTS) is 1. The van der Waals surface area contributed by atoms with Crippen LogP contribution in [0.15, 0.2) is 113 Å². The molecule has 4 rings (SSSR count). The number of nitrogens with one attached hydrogen (secondary N) is 1. The Kier molecular flexibility index (Phi) is 10.8. The van der Waals surface area contributed by atoms with E-state index < -0.39 is 35.7 Å². The molecular weight excluding hydrogens is 604 g/mol. The first-order valence-corrected chi connectivity index (χ1v) is 13.0. The van der Waals surface area contributed by atoms with Crippen LogP contribution in [0.5, 0.6) is 0 Å². The highest BCUT2D eigenvalue weighted by molar-refractivity contribution is 6.10. The third-order valence-electron chi connectivity index (χ3n) is 5.98. The second-order valence-electron chi connectivity index (χ2n) is 9.29. The Morgan fingerprint density at radius 1 is 0.889 bits per heavy atom. The monoisotopic (exact) mass is 629 g/mol. The number of alkyl halides is 6. The van der Waals surface area contributed by atoms with Crippen molar-refractivity contribution in [2.24, 2.45) is 4.99 Å². The largest absolute Gasteiger partial charge is 0.490 e. The van der Waals surface area contributed by atoms with Crippen LogP contribution in [-0.4, -0.2) is 39.5 Å². The molecule has 45 heavy (non-hydrogen) atoms. The van der Waals surface area contributed by atoms with E-state index in [2.05, 4.69) is 16.9 Å². The SMILES string of the molecule is C=C/C(=N\c1c(CC(F)(F)F)c(=O)cc(Nc2ccccc2)n1-c1ccccc1)c1ccc(C(C)=O)cc1.O=C(O)C(F)(F)F. The summed E-state index contributed by atoms with van der Waals surface area (Å²) in [6, 6.07) is 25.3. The fourth-order valence-corrected chi connectivity index (χ4v) is 3.94. The summed E-state index contributed by atoms with van der Waals surface area (Å²) in [7, 11) is 0. The van der Waals surface area contributed by atoms with Gasteiger partial charge in [0, 0.05) is 28.6 Å². The van der Waals surface area contributed by atoms with Gasteiger partial charge in [-0.15, -0.1) is 0 Å². The highest BCUT2D eigenvalue weighted by Gasteiger charge is 2.38. The number of carboxylic acids is 1. The predicted molar refractivity (Wildman–Crippen MR) is 158 cm³/mol. The number of ketones is 1. The van der Waals surface area contributed by atoms with Crippen molar-refractivity contribution < 1.29 is 41.0 Å². The summed E-state index contributed by atoms with van der Waals surface area (Å²) in [6.45, 7) is 5.22. The van der Waals surface area contributed by atoms with Gasteiger partial charge in [0.15, 0.2) is 11.2 Å². The molecule has 0 aliphatic carbocycles. The van der Waals surface area contributed by atoms with Crippen molar-refractivity contribution in [2.45, 2.75) is 25.7 Å². The zero-order valence-electron chi connectivity index (χ0n) is 23.5. The van der Waals surface area contributed by atoms with E-state index in [0.29, 0.717) is 22.5 Å². The third kappa shape index (κ3) is 9.51. The Morgan fingerprint density at radius 2 is 1.40 bits per heavy atom. The Bertz CT molecular complexity index is 1750. The van der Waals surface area contributed by atoms with Crippen molar-refractivity contribution in [2.75, 3.05) is 5.32 Å². The van der Waals surface area contributed by atoms with Crippen LogP contribution in [0.25, 0.3) is 5.69 Å². The molecule has 0 fully saturated rings. The van der Waals surface area contributed by atoms with Gasteiger partial charge in [-0.25, -0.2) is 9.79 Å². The average molecular weight is 630 g/mol. The normalized spacial score (nSPS) is 11.7. The number of pyridine rings is 1. The number of allylic oxidation sites excluding steroid dienone is 1. The highest BCUT2D eigenvalue weighted by atomic mass is 19.4. The molecule has 234 valence electrons. The van der Waals surface area contributed by atoms with Crippen LogP contribution < -0.4 is 10.7 Å². The number of carbonyl (C=O) groups is 2. The number of nitrogens with zero attached hydrogens (tertiary/aromatic N) is 2. The van der Waals surface area contributed by atoms with Gasteiger partial charge in [0.1, 0.15) is 11.6 Å². The smallest absolute Gasteiger partial charge is 0.475 e. The van der Waals surface area contributed by atoms with Crippen molar-refractivity contribution >= 4 is 34.8 Å². The first-order chi connectivity index (χ1) is 21.1. The van der Waals surface area contributed by atoms with E-state index in [1.54, 1.807) is 78.9 Å². The zero-order chi connectivity index (χ0) is 33.4. The molecule has 1 aromatic heterocycles. The number of Topliss-reactive ketones (excluding diaryl/α,β-unsaturated/α-hetero) is 1. The number of aliphatic carboxylic acids is 1. The van der Waals surface area contributed by atoms with Crippen LogP contribution in [0.2, 0.25) is 0 Å². The van der Waals surface area contributed by atoms with Gasteiger partial charge in [-0.2, -0.15) is 26.3 Å². The second kappa shape index (κ2) is 14.3. The molecule has 0 saturated heterocycles. The molecule has 7 nitrogen and oxygen atoms in total. The van der Waals surface area contributed by atoms with E-state index >= 15 is 0 Å². The summed E-state index contributed by atoms with van der Waals surface area (Å²) in [5.74, 6) is -2.82. The predicted octanol–water partition coefficient (Wildman–Crippen LogP) is 7.83. The van der Waals surface area contributed by atoms with Gasteiger partial charge < -0.3 is 10.4 Å². The van der Waals surface area contributed by atoms with Gasteiger partial charge in [0.25, 0.3) is 0 Å². The van der Waals surface area contributed by atoms with E-state index in [-0.39, 0.29) is 23.1 Å². The topological polar surface area (TPSA) is 101 Å². The molecule has 0 saturated carbocycles. The van der Waals surface area contributed by atoms with Crippen LogP contribution in [0.1, 0.15) is 28.4 Å². The van der Waals surface area contributed by atoms with Crippen LogP contribution in [0.4, 0.5) is 43.7 Å². The zero-order valence-corrected chi connectivity index (χ0v) is 23.5. The molecule has 0 atom stereocenters. The lowest BCUT2D eigenvalue weighted by Gasteiger charge is -2.21. The molecule has 0 aliphatic heterocycles. The summed E-state index contributed by atoms with van der Waals surface area (Å²) >= 11 is 0. The van der Waals surface area contributed by atoms with E-state index in [9.17, 15) is 35.9 Å². The third-order valence-corrected chi connectivity index (χ3v) is 5.98.